The van der Waals surface area contributed by atoms with Crippen LogP contribution in [0.15, 0.2) is 54.6 Å². The van der Waals surface area contributed by atoms with E-state index in [0.717, 1.165) is 43.9 Å². The Balaban J connectivity index is 1.36. The minimum absolute atomic E-state index is 0.0837. The lowest BCUT2D eigenvalue weighted by atomic mass is 9.82. The molecular weight excluding hydrogens is 520 g/mol. The SMILES string of the molecule is Cc1ccc(NC(=O)c2ccc(CN3CCN(C)CC3)c(C(C)(C)C)c2)cc1C#Cc1nnc2cccc(Cl)n12. The van der Waals surface area contributed by atoms with Crippen molar-refractivity contribution in [3.05, 3.63) is 93.4 Å². The third-order valence-corrected chi connectivity index (χ3v) is 7.65. The molecule has 0 saturated carbocycles. The number of hydrogen-bond donors (Lipinski definition) is 1. The smallest absolute Gasteiger partial charge is 0.255 e. The summed E-state index contributed by atoms with van der Waals surface area (Å²) in [5.74, 6) is 6.57. The van der Waals surface area contributed by atoms with E-state index in [9.17, 15) is 4.79 Å². The molecule has 1 aliphatic heterocycles. The summed E-state index contributed by atoms with van der Waals surface area (Å²) >= 11 is 6.32. The van der Waals surface area contributed by atoms with Gasteiger partial charge in [0.15, 0.2) is 5.65 Å². The molecule has 1 aliphatic rings. The summed E-state index contributed by atoms with van der Waals surface area (Å²) in [6.07, 6.45) is 0. The van der Waals surface area contributed by atoms with Crippen LogP contribution in [-0.4, -0.2) is 63.5 Å². The summed E-state index contributed by atoms with van der Waals surface area (Å²) in [6, 6.07) is 17.3. The van der Waals surface area contributed by atoms with Crippen molar-refractivity contribution in [2.75, 3.05) is 38.5 Å². The predicted octanol–water partition coefficient (Wildman–Crippen LogP) is 5.39. The number of carbonyl (C=O) groups is 1. The van der Waals surface area contributed by atoms with E-state index in [1.54, 1.807) is 10.5 Å². The van der Waals surface area contributed by atoms with Gasteiger partial charge < -0.3 is 10.2 Å². The van der Waals surface area contributed by atoms with Crippen LogP contribution in [0.1, 0.15) is 59.2 Å². The average Bonchev–Trinajstić information content (AvgIpc) is 3.34. The van der Waals surface area contributed by atoms with Crippen LogP contribution in [0.25, 0.3) is 5.65 Å². The molecule has 0 bridgehead atoms. The molecule has 1 fully saturated rings. The zero-order valence-electron chi connectivity index (χ0n) is 23.8. The molecule has 1 saturated heterocycles. The van der Waals surface area contributed by atoms with Crippen LogP contribution in [0.4, 0.5) is 5.69 Å². The number of nitrogens with zero attached hydrogens (tertiary/aromatic N) is 5. The van der Waals surface area contributed by atoms with Gasteiger partial charge in [-0.2, -0.15) is 0 Å². The van der Waals surface area contributed by atoms with Gasteiger partial charge in [-0.25, -0.2) is 0 Å². The highest BCUT2D eigenvalue weighted by molar-refractivity contribution is 6.29. The molecule has 4 aromatic rings. The third-order valence-electron chi connectivity index (χ3n) is 7.36. The number of rotatable bonds is 4. The van der Waals surface area contributed by atoms with Crippen LogP contribution in [0, 0.1) is 18.8 Å². The number of halogens is 1. The van der Waals surface area contributed by atoms with E-state index in [4.69, 9.17) is 11.6 Å². The van der Waals surface area contributed by atoms with Gasteiger partial charge in [0, 0.05) is 49.5 Å². The largest absolute Gasteiger partial charge is 0.322 e. The molecule has 0 spiro atoms. The molecule has 5 rings (SSSR count). The second kappa shape index (κ2) is 11.4. The fourth-order valence-corrected chi connectivity index (χ4v) is 5.18. The van der Waals surface area contributed by atoms with Crippen molar-refractivity contribution < 1.29 is 4.79 Å². The first-order chi connectivity index (χ1) is 19.1. The van der Waals surface area contributed by atoms with Gasteiger partial charge in [-0.05, 0) is 78.4 Å². The molecule has 1 N–H and O–H groups in total. The van der Waals surface area contributed by atoms with Crippen molar-refractivity contribution in [2.24, 2.45) is 0 Å². The molecular formula is C32H35ClN6O. The Morgan fingerprint density at radius 1 is 1.00 bits per heavy atom. The van der Waals surface area contributed by atoms with Crippen molar-refractivity contribution in [1.82, 2.24) is 24.4 Å². The van der Waals surface area contributed by atoms with Gasteiger partial charge in [-0.15, -0.1) is 10.2 Å². The fraction of sp³-hybridized carbons (Fsp3) is 0.344. The Labute approximate surface area is 241 Å². The molecule has 1 amide bonds. The quantitative estimate of drug-likeness (QED) is 0.271. The Morgan fingerprint density at radius 2 is 1.77 bits per heavy atom. The van der Waals surface area contributed by atoms with E-state index in [2.05, 4.69) is 77.1 Å². The summed E-state index contributed by atoms with van der Waals surface area (Å²) in [5, 5.41) is 11.9. The number of carbonyl (C=O) groups excluding carboxylic acids is 1. The Bertz CT molecular complexity index is 1620. The van der Waals surface area contributed by atoms with E-state index in [1.807, 2.05) is 43.3 Å². The van der Waals surface area contributed by atoms with Crippen molar-refractivity contribution in [3.8, 4) is 11.8 Å². The second-order valence-corrected chi connectivity index (χ2v) is 11.9. The minimum atomic E-state index is -0.144. The highest BCUT2D eigenvalue weighted by atomic mass is 35.5. The molecule has 0 aliphatic carbocycles. The fourth-order valence-electron chi connectivity index (χ4n) is 4.95. The molecule has 8 heteroatoms. The summed E-state index contributed by atoms with van der Waals surface area (Å²) in [4.78, 5) is 18.2. The van der Waals surface area contributed by atoms with E-state index >= 15 is 0 Å². The molecule has 2 aromatic heterocycles. The molecule has 40 heavy (non-hydrogen) atoms. The van der Waals surface area contributed by atoms with Crippen LogP contribution < -0.4 is 5.32 Å². The van der Waals surface area contributed by atoms with Gasteiger partial charge >= 0.3 is 0 Å². The number of benzene rings is 2. The van der Waals surface area contributed by atoms with Gasteiger partial charge in [0.25, 0.3) is 5.91 Å². The molecule has 3 heterocycles. The molecule has 0 radical (unpaired) electrons. The number of amides is 1. The van der Waals surface area contributed by atoms with Gasteiger partial charge in [-0.3, -0.25) is 14.1 Å². The van der Waals surface area contributed by atoms with Crippen molar-refractivity contribution in [2.45, 2.75) is 39.7 Å². The number of aryl methyl sites for hydroxylation is 1. The summed E-state index contributed by atoms with van der Waals surface area (Å²) in [7, 11) is 2.17. The standard InChI is InChI=1S/C32H35ClN6O/c1-22-9-13-26(19-23(22)12-14-30-36-35-29-8-6-7-28(33)39(29)30)34-31(40)24-10-11-25(27(20-24)32(2,3)4)21-38-17-15-37(5)16-18-38/h6-11,13,19-20H,15-18,21H2,1-5H3,(H,34,40). The van der Waals surface area contributed by atoms with Crippen LogP contribution in [0.2, 0.25) is 5.15 Å². The van der Waals surface area contributed by atoms with Gasteiger partial charge in [0.05, 0.1) is 0 Å². The number of piperazine rings is 1. The number of nitrogens with one attached hydrogen (secondary N) is 1. The molecule has 206 valence electrons. The lowest BCUT2D eigenvalue weighted by Gasteiger charge is -2.34. The lowest BCUT2D eigenvalue weighted by molar-refractivity contribution is 0.102. The molecule has 7 nitrogen and oxygen atoms in total. The first-order valence-corrected chi connectivity index (χ1v) is 13.9. The lowest BCUT2D eigenvalue weighted by Crippen LogP contribution is -2.44. The summed E-state index contributed by atoms with van der Waals surface area (Å²) in [5.41, 5.74) is 6.15. The number of fused-ring (bicyclic) bond motifs is 1. The number of aromatic nitrogens is 3. The van der Waals surface area contributed by atoms with Crippen LogP contribution >= 0.6 is 11.6 Å². The number of pyridine rings is 1. The van der Waals surface area contributed by atoms with Crippen molar-refractivity contribution in [1.29, 1.82) is 0 Å². The number of hydrogen-bond acceptors (Lipinski definition) is 5. The normalized spacial score (nSPS) is 14.7. The monoisotopic (exact) mass is 554 g/mol. The Kier molecular flexibility index (Phi) is 7.95. The highest BCUT2D eigenvalue weighted by Crippen LogP contribution is 2.29. The molecule has 0 unspecified atom stereocenters. The van der Waals surface area contributed by atoms with E-state index in [-0.39, 0.29) is 11.3 Å². The van der Waals surface area contributed by atoms with E-state index < -0.39 is 0 Å². The van der Waals surface area contributed by atoms with E-state index in [1.165, 1.54) is 11.1 Å². The Morgan fingerprint density at radius 3 is 2.52 bits per heavy atom. The van der Waals surface area contributed by atoms with Crippen molar-refractivity contribution in [3.63, 3.8) is 0 Å². The number of anilines is 1. The first-order valence-electron chi connectivity index (χ1n) is 13.6. The van der Waals surface area contributed by atoms with Crippen LogP contribution in [-0.2, 0) is 12.0 Å². The van der Waals surface area contributed by atoms with Gasteiger partial charge in [0.1, 0.15) is 5.15 Å². The van der Waals surface area contributed by atoms with Crippen LogP contribution in [0.3, 0.4) is 0 Å². The summed E-state index contributed by atoms with van der Waals surface area (Å²) in [6.45, 7) is 13.8. The van der Waals surface area contributed by atoms with E-state index in [0.29, 0.717) is 27.9 Å². The molecule has 0 atom stereocenters. The molecule has 2 aromatic carbocycles. The highest BCUT2D eigenvalue weighted by Gasteiger charge is 2.23. The predicted molar refractivity (Wildman–Crippen MR) is 161 cm³/mol. The zero-order chi connectivity index (χ0) is 28.4. The Hall–Kier alpha value is -3.70. The van der Waals surface area contributed by atoms with Crippen molar-refractivity contribution >= 4 is 28.8 Å². The average molecular weight is 555 g/mol. The third kappa shape index (κ3) is 6.20. The van der Waals surface area contributed by atoms with Gasteiger partial charge in [0.2, 0.25) is 5.82 Å². The topological polar surface area (TPSA) is 65.8 Å². The van der Waals surface area contributed by atoms with Crippen LogP contribution in [0.5, 0.6) is 0 Å². The second-order valence-electron chi connectivity index (χ2n) is 11.5. The summed E-state index contributed by atoms with van der Waals surface area (Å²) < 4.78 is 1.70. The number of likely N-dealkylation sites (N-methyl/N-ethyl adjacent to an activating group) is 1. The zero-order valence-corrected chi connectivity index (χ0v) is 24.5. The van der Waals surface area contributed by atoms with Gasteiger partial charge in [-0.1, -0.05) is 56.5 Å². The maximum atomic E-state index is 13.4. The maximum absolute atomic E-state index is 13.4. The minimum Gasteiger partial charge on any atom is -0.322 e. The maximum Gasteiger partial charge on any atom is 0.255 e. The first kappa shape index (κ1) is 27.9.